The van der Waals surface area contributed by atoms with Crippen molar-refractivity contribution < 1.29 is 14.5 Å². The number of non-ortho nitro benzene ring substituents is 1. The number of anilines is 1. The van der Waals surface area contributed by atoms with Gasteiger partial charge in [-0.05, 0) is 24.3 Å². The quantitative estimate of drug-likeness (QED) is 0.318. The number of halogens is 3. The number of hydrogen-bond donors (Lipinski definition) is 2. The summed E-state index contributed by atoms with van der Waals surface area (Å²) in [5.41, 5.74) is 0.554. The Morgan fingerprint density at radius 3 is 2.31 bits per heavy atom. The van der Waals surface area contributed by atoms with E-state index in [0.717, 1.165) is 0 Å². The molecule has 0 bridgehead atoms. The molecule has 26 heavy (non-hydrogen) atoms. The average Bonchev–Trinajstić information content (AvgIpc) is 2.60. The van der Waals surface area contributed by atoms with Crippen molar-refractivity contribution in [2.24, 2.45) is 0 Å². The molecule has 0 heterocycles. The number of alkyl halides is 3. The monoisotopic (exact) mass is 417 g/mol. The van der Waals surface area contributed by atoms with E-state index in [1.807, 2.05) is 0 Å². The van der Waals surface area contributed by atoms with Crippen molar-refractivity contribution in [1.82, 2.24) is 5.32 Å². The van der Waals surface area contributed by atoms with Gasteiger partial charge < -0.3 is 15.4 Å². The normalized spacial score (nSPS) is 12.2. The molecule has 0 radical (unpaired) electrons. The Labute approximate surface area is 164 Å². The van der Waals surface area contributed by atoms with Crippen molar-refractivity contribution in [3.8, 4) is 5.75 Å². The average molecular weight is 419 g/mol. The van der Waals surface area contributed by atoms with Crippen LogP contribution in [0.15, 0.2) is 48.5 Å². The van der Waals surface area contributed by atoms with Crippen molar-refractivity contribution in [1.29, 1.82) is 0 Å². The number of carbonyl (C=O) groups is 1. The Bertz CT molecular complexity index is 794. The second-order valence-corrected chi connectivity index (χ2v) is 7.47. The number of nitrogens with zero attached hydrogens (tertiary/aromatic N) is 1. The van der Waals surface area contributed by atoms with Gasteiger partial charge in [-0.2, -0.15) is 0 Å². The van der Waals surface area contributed by atoms with E-state index in [9.17, 15) is 14.9 Å². The Hall–Kier alpha value is -2.22. The highest BCUT2D eigenvalue weighted by Crippen LogP contribution is 2.33. The smallest absolute Gasteiger partial charge is 0.269 e. The largest absolute Gasteiger partial charge is 0.495 e. The molecule has 1 atom stereocenters. The van der Waals surface area contributed by atoms with Gasteiger partial charge in [-0.1, -0.05) is 46.9 Å². The van der Waals surface area contributed by atoms with Gasteiger partial charge in [-0.15, -0.1) is 0 Å². The Morgan fingerprint density at radius 1 is 1.15 bits per heavy atom. The second kappa shape index (κ2) is 8.44. The molecule has 0 aliphatic heterocycles. The lowest BCUT2D eigenvalue weighted by Gasteiger charge is -2.28. The van der Waals surface area contributed by atoms with Crippen LogP contribution >= 0.6 is 34.8 Å². The molecule has 138 valence electrons. The van der Waals surface area contributed by atoms with Crippen LogP contribution in [0.5, 0.6) is 5.75 Å². The second-order valence-electron chi connectivity index (χ2n) is 5.10. The third kappa shape index (κ3) is 5.14. The van der Waals surface area contributed by atoms with Crippen LogP contribution in [-0.2, 0) is 0 Å². The number of ether oxygens (including phenoxy) is 1. The molecule has 0 saturated heterocycles. The zero-order valence-electron chi connectivity index (χ0n) is 13.4. The van der Waals surface area contributed by atoms with Crippen molar-refractivity contribution >= 4 is 52.1 Å². The molecule has 0 fully saturated rings. The van der Waals surface area contributed by atoms with Crippen molar-refractivity contribution in [3.63, 3.8) is 0 Å². The molecule has 2 rings (SSSR count). The van der Waals surface area contributed by atoms with Crippen LogP contribution < -0.4 is 15.4 Å². The molecular weight excluding hydrogens is 405 g/mol. The molecule has 0 aromatic heterocycles. The van der Waals surface area contributed by atoms with E-state index in [4.69, 9.17) is 39.5 Å². The van der Waals surface area contributed by atoms with E-state index in [1.54, 1.807) is 24.3 Å². The van der Waals surface area contributed by atoms with Crippen LogP contribution in [0.1, 0.15) is 10.4 Å². The van der Waals surface area contributed by atoms with Crippen molar-refractivity contribution in [2.75, 3.05) is 12.4 Å². The fourth-order valence-electron chi connectivity index (χ4n) is 2.07. The van der Waals surface area contributed by atoms with Crippen LogP contribution in [-0.4, -0.2) is 27.9 Å². The van der Waals surface area contributed by atoms with E-state index < -0.39 is 20.8 Å². The summed E-state index contributed by atoms with van der Waals surface area (Å²) in [6, 6.07) is 12.0. The number of nitro benzene ring substituents is 1. The van der Waals surface area contributed by atoms with E-state index in [0.29, 0.717) is 11.4 Å². The molecule has 2 aromatic rings. The zero-order valence-corrected chi connectivity index (χ0v) is 15.7. The SMILES string of the molecule is COc1ccccc1NC(NC(=O)c1ccc([N+](=O)[O-])cc1)C(Cl)(Cl)Cl. The van der Waals surface area contributed by atoms with E-state index >= 15 is 0 Å². The first kappa shape index (κ1) is 20.1. The van der Waals surface area contributed by atoms with Gasteiger partial charge in [0, 0.05) is 17.7 Å². The van der Waals surface area contributed by atoms with Gasteiger partial charge in [0.15, 0.2) is 0 Å². The summed E-state index contributed by atoms with van der Waals surface area (Å²) in [4.78, 5) is 22.5. The molecule has 10 heteroatoms. The molecule has 0 saturated carbocycles. The number of methoxy groups -OCH3 is 1. The first-order chi connectivity index (χ1) is 12.2. The number of hydrogen-bond acceptors (Lipinski definition) is 5. The molecule has 2 N–H and O–H groups in total. The van der Waals surface area contributed by atoms with Gasteiger partial charge in [0.1, 0.15) is 11.9 Å². The summed E-state index contributed by atoms with van der Waals surface area (Å²) >= 11 is 17.9. The Morgan fingerprint density at radius 2 is 1.77 bits per heavy atom. The standard InChI is InChI=1S/C16H14Cl3N3O4/c1-26-13-5-3-2-4-12(13)20-15(16(17,18)19)21-14(23)10-6-8-11(9-7-10)22(24)25/h2-9,15,20H,1H3,(H,21,23). The minimum Gasteiger partial charge on any atom is -0.495 e. The van der Waals surface area contributed by atoms with Gasteiger partial charge in [-0.25, -0.2) is 0 Å². The van der Waals surface area contributed by atoms with Gasteiger partial charge in [0.05, 0.1) is 17.7 Å². The highest BCUT2D eigenvalue weighted by atomic mass is 35.6. The summed E-state index contributed by atoms with van der Waals surface area (Å²) < 4.78 is 3.34. The van der Waals surface area contributed by atoms with Crippen molar-refractivity contribution in [3.05, 3.63) is 64.2 Å². The Balaban J connectivity index is 2.20. The number of benzene rings is 2. The number of nitro groups is 1. The first-order valence-corrected chi connectivity index (χ1v) is 8.37. The highest BCUT2D eigenvalue weighted by molar-refractivity contribution is 6.68. The fraction of sp³-hybridized carbons (Fsp3) is 0.188. The first-order valence-electron chi connectivity index (χ1n) is 7.24. The molecule has 0 aliphatic rings. The van der Waals surface area contributed by atoms with Gasteiger partial charge in [0.2, 0.25) is 3.79 Å². The van der Waals surface area contributed by atoms with Crippen LogP contribution in [0.25, 0.3) is 0 Å². The number of nitrogens with one attached hydrogen (secondary N) is 2. The van der Waals surface area contributed by atoms with Crippen molar-refractivity contribution in [2.45, 2.75) is 9.96 Å². The lowest BCUT2D eigenvalue weighted by atomic mass is 10.2. The maximum Gasteiger partial charge on any atom is 0.269 e. The summed E-state index contributed by atoms with van der Waals surface area (Å²) in [5, 5.41) is 16.1. The lowest BCUT2D eigenvalue weighted by molar-refractivity contribution is -0.384. The number of carbonyl (C=O) groups excluding carboxylic acids is 1. The molecule has 2 aromatic carbocycles. The summed E-state index contributed by atoms with van der Waals surface area (Å²) in [6.07, 6.45) is -1.09. The van der Waals surface area contributed by atoms with Crippen LogP contribution in [0.2, 0.25) is 0 Å². The maximum absolute atomic E-state index is 12.4. The molecule has 1 amide bonds. The molecule has 0 spiro atoms. The van der Waals surface area contributed by atoms with Gasteiger partial charge in [0.25, 0.3) is 11.6 Å². The Kier molecular flexibility index (Phi) is 6.52. The number of para-hydroxylation sites is 2. The number of rotatable bonds is 6. The fourth-order valence-corrected chi connectivity index (χ4v) is 2.40. The molecular formula is C16H14Cl3N3O4. The molecule has 1 unspecified atom stereocenters. The van der Waals surface area contributed by atoms with Gasteiger partial charge in [-0.3, -0.25) is 14.9 Å². The summed E-state index contributed by atoms with van der Waals surface area (Å²) in [7, 11) is 1.49. The summed E-state index contributed by atoms with van der Waals surface area (Å²) in [6.45, 7) is 0. The van der Waals surface area contributed by atoms with E-state index in [2.05, 4.69) is 10.6 Å². The van der Waals surface area contributed by atoms with Crippen LogP contribution in [0.4, 0.5) is 11.4 Å². The molecule has 7 nitrogen and oxygen atoms in total. The number of amides is 1. The topological polar surface area (TPSA) is 93.5 Å². The highest BCUT2D eigenvalue weighted by Gasteiger charge is 2.34. The zero-order chi connectivity index (χ0) is 19.3. The predicted molar refractivity (Wildman–Crippen MR) is 101 cm³/mol. The predicted octanol–water partition coefficient (Wildman–Crippen LogP) is 4.14. The van der Waals surface area contributed by atoms with Crippen LogP contribution in [0, 0.1) is 10.1 Å². The van der Waals surface area contributed by atoms with E-state index in [-0.39, 0.29) is 11.3 Å². The third-order valence-electron chi connectivity index (χ3n) is 3.35. The van der Waals surface area contributed by atoms with Gasteiger partial charge >= 0.3 is 0 Å². The lowest BCUT2D eigenvalue weighted by Crippen LogP contribution is -2.49. The maximum atomic E-state index is 12.4. The molecule has 0 aliphatic carbocycles. The third-order valence-corrected chi connectivity index (χ3v) is 4.00. The minimum atomic E-state index is -1.88. The van der Waals surface area contributed by atoms with Crippen LogP contribution in [0.3, 0.4) is 0 Å². The summed E-state index contributed by atoms with van der Waals surface area (Å²) in [5.74, 6) is -0.0741. The minimum absolute atomic E-state index is 0.133. The van der Waals surface area contributed by atoms with E-state index in [1.165, 1.54) is 31.4 Å².